The van der Waals surface area contributed by atoms with Crippen molar-refractivity contribution in [3.8, 4) is 0 Å². The van der Waals surface area contributed by atoms with E-state index in [9.17, 15) is 5.11 Å². The second-order valence-electron chi connectivity index (χ2n) is 7.21. The smallest absolute Gasteiger partial charge is 0.0992 e. The molecule has 1 aliphatic rings. The Morgan fingerprint density at radius 2 is 1.85 bits per heavy atom. The number of likely N-dealkylation sites (tertiary alicyclic amines) is 1. The van der Waals surface area contributed by atoms with Crippen LogP contribution in [0, 0.1) is 0 Å². The Bertz CT molecular complexity index is 436. The van der Waals surface area contributed by atoms with Crippen LogP contribution < -0.4 is 0 Å². The average Bonchev–Trinajstić information content (AvgIpc) is 2.60. The van der Waals surface area contributed by atoms with Gasteiger partial charge in [-0.15, -0.1) is 0 Å². The Hall–Kier alpha value is -0.900. The van der Waals surface area contributed by atoms with E-state index in [1.165, 1.54) is 0 Å². The summed E-state index contributed by atoms with van der Waals surface area (Å²) < 4.78 is 5.97. The molecule has 3 heteroatoms. The SMILES string of the molecule is CC(C)(C)N1C[C@@H](OCc2ccccc2)[C@@H](O)C1(C)C. The normalized spacial score (nSPS) is 26.9. The lowest BCUT2D eigenvalue weighted by atomic mass is 9.93. The molecule has 0 amide bonds. The third-order valence-corrected chi connectivity index (χ3v) is 4.25. The second-order valence-corrected chi connectivity index (χ2v) is 7.21. The molecule has 0 spiro atoms. The van der Waals surface area contributed by atoms with Crippen molar-refractivity contribution in [3.05, 3.63) is 35.9 Å². The Labute approximate surface area is 122 Å². The van der Waals surface area contributed by atoms with Crippen molar-refractivity contribution in [3.63, 3.8) is 0 Å². The molecule has 0 aliphatic carbocycles. The average molecular weight is 277 g/mol. The quantitative estimate of drug-likeness (QED) is 0.922. The summed E-state index contributed by atoms with van der Waals surface area (Å²) in [5.74, 6) is 0. The molecule has 3 nitrogen and oxygen atoms in total. The van der Waals surface area contributed by atoms with E-state index in [-0.39, 0.29) is 17.2 Å². The predicted octanol–water partition coefficient (Wildman–Crippen LogP) is 2.83. The molecule has 0 aromatic heterocycles. The second kappa shape index (κ2) is 5.47. The maximum Gasteiger partial charge on any atom is 0.0992 e. The highest BCUT2D eigenvalue weighted by Gasteiger charge is 2.51. The molecule has 2 atom stereocenters. The van der Waals surface area contributed by atoms with Crippen molar-refractivity contribution >= 4 is 0 Å². The lowest BCUT2D eigenvalue weighted by molar-refractivity contribution is -0.0432. The van der Waals surface area contributed by atoms with Crippen molar-refractivity contribution < 1.29 is 9.84 Å². The summed E-state index contributed by atoms with van der Waals surface area (Å²) in [6, 6.07) is 10.1. The minimum Gasteiger partial charge on any atom is -0.388 e. The Kier molecular flexibility index (Phi) is 4.24. The monoisotopic (exact) mass is 277 g/mol. The Morgan fingerprint density at radius 3 is 2.35 bits per heavy atom. The van der Waals surface area contributed by atoms with Gasteiger partial charge in [-0.3, -0.25) is 4.90 Å². The van der Waals surface area contributed by atoms with Crippen molar-refractivity contribution in [2.45, 2.75) is 64.5 Å². The maximum atomic E-state index is 10.6. The molecule has 1 N–H and O–H groups in total. The van der Waals surface area contributed by atoms with Crippen LogP contribution in [0.4, 0.5) is 0 Å². The van der Waals surface area contributed by atoms with Gasteiger partial charge in [-0.1, -0.05) is 30.3 Å². The zero-order chi connectivity index (χ0) is 15.0. The van der Waals surface area contributed by atoms with Gasteiger partial charge >= 0.3 is 0 Å². The molecule has 2 rings (SSSR count). The minimum absolute atomic E-state index is 0.0232. The highest BCUT2D eigenvalue weighted by molar-refractivity contribution is 5.14. The van der Waals surface area contributed by atoms with E-state index in [4.69, 9.17) is 4.74 Å². The summed E-state index contributed by atoms with van der Waals surface area (Å²) >= 11 is 0. The van der Waals surface area contributed by atoms with Crippen LogP contribution in [0.15, 0.2) is 30.3 Å². The lowest BCUT2D eigenvalue weighted by Gasteiger charge is -2.42. The van der Waals surface area contributed by atoms with E-state index in [2.05, 4.69) is 39.5 Å². The molecular weight excluding hydrogens is 250 g/mol. The molecule has 1 aliphatic heterocycles. The Morgan fingerprint density at radius 1 is 1.25 bits per heavy atom. The third kappa shape index (κ3) is 3.05. The first kappa shape index (κ1) is 15.5. The first-order chi connectivity index (χ1) is 9.23. The van der Waals surface area contributed by atoms with E-state index >= 15 is 0 Å². The van der Waals surface area contributed by atoms with Crippen molar-refractivity contribution in [2.24, 2.45) is 0 Å². The van der Waals surface area contributed by atoms with E-state index in [0.717, 1.165) is 12.1 Å². The molecule has 1 fully saturated rings. The fourth-order valence-electron chi connectivity index (χ4n) is 3.19. The van der Waals surface area contributed by atoms with E-state index in [1.54, 1.807) is 0 Å². The van der Waals surface area contributed by atoms with Crippen molar-refractivity contribution in [1.82, 2.24) is 4.90 Å². The molecule has 1 heterocycles. The molecule has 0 bridgehead atoms. The van der Waals surface area contributed by atoms with Crippen LogP contribution in [0.3, 0.4) is 0 Å². The maximum absolute atomic E-state index is 10.6. The fraction of sp³-hybridized carbons (Fsp3) is 0.647. The number of nitrogens with zero attached hydrogens (tertiary/aromatic N) is 1. The molecule has 1 saturated heterocycles. The van der Waals surface area contributed by atoms with Gasteiger partial charge < -0.3 is 9.84 Å². The molecular formula is C17H27NO2. The molecule has 112 valence electrons. The van der Waals surface area contributed by atoms with Gasteiger partial charge in [0, 0.05) is 17.6 Å². The first-order valence-electron chi connectivity index (χ1n) is 7.34. The molecule has 1 aromatic carbocycles. The van der Waals surface area contributed by atoms with Gasteiger partial charge in [0.2, 0.25) is 0 Å². The van der Waals surface area contributed by atoms with Crippen LogP contribution in [-0.2, 0) is 11.3 Å². The number of ether oxygens (including phenoxy) is 1. The predicted molar refractivity (Wildman–Crippen MR) is 81.6 cm³/mol. The third-order valence-electron chi connectivity index (χ3n) is 4.25. The number of aliphatic hydroxyl groups is 1. The molecule has 0 unspecified atom stereocenters. The zero-order valence-electron chi connectivity index (χ0n) is 13.3. The summed E-state index contributed by atoms with van der Waals surface area (Å²) in [5, 5.41) is 10.6. The van der Waals surface area contributed by atoms with Crippen LogP contribution in [0.2, 0.25) is 0 Å². The van der Waals surface area contributed by atoms with Crippen LogP contribution >= 0.6 is 0 Å². The van der Waals surface area contributed by atoms with Gasteiger partial charge in [-0.25, -0.2) is 0 Å². The van der Waals surface area contributed by atoms with Crippen molar-refractivity contribution in [2.75, 3.05) is 6.54 Å². The standard InChI is InChI=1S/C17H27NO2/c1-16(2,3)18-11-14(15(19)17(18,4)5)20-12-13-9-7-6-8-10-13/h6-10,14-15,19H,11-12H2,1-5H3/t14-,15-/m1/s1. The number of rotatable bonds is 3. The van der Waals surface area contributed by atoms with Crippen LogP contribution in [0.5, 0.6) is 0 Å². The minimum atomic E-state index is -0.467. The summed E-state index contributed by atoms with van der Waals surface area (Å²) in [4.78, 5) is 2.33. The zero-order valence-corrected chi connectivity index (χ0v) is 13.3. The van der Waals surface area contributed by atoms with E-state index in [0.29, 0.717) is 6.61 Å². The number of aliphatic hydroxyl groups excluding tert-OH is 1. The topological polar surface area (TPSA) is 32.7 Å². The Balaban J connectivity index is 2.04. The van der Waals surface area contributed by atoms with Crippen molar-refractivity contribution in [1.29, 1.82) is 0 Å². The van der Waals surface area contributed by atoms with E-state index < -0.39 is 6.10 Å². The van der Waals surface area contributed by atoms with Crippen LogP contribution in [0.25, 0.3) is 0 Å². The summed E-state index contributed by atoms with van der Waals surface area (Å²) in [5.41, 5.74) is 0.904. The first-order valence-corrected chi connectivity index (χ1v) is 7.34. The molecule has 0 radical (unpaired) electrons. The summed E-state index contributed by atoms with van der Waals surface area (Å²) in [7, 11) is 0. The largest absolute Gasteiger partial charge is 0.388 e. The number of benzene rings is 1. The highest BCUT2D eigenvalue weighted by atomic mass is 16.5. The summed E-state index contributed by atoms with van der Waals surface area (Å²) in [6.45, 7) is 12.0. The van der Waals surface area contributed by atoms with E-state index in [1.807, 2.05) is 30.3 Å². The lowest BCUT2D eigenvalue weighted by Crippen LogP contribution is -2.53. The highest BCUT2D eigenvalue weighted by Crippen LogP contribution is 2.36. The van der Waals surface area contributed by atoms with Crippen LogP contribution in [-0.4, -0.2) is 39.8 Å². The summed E-state index contributed by atoms with van der Waals surface area (Å²) in [6.07, 6.45) is -0.602. The van der Waals surface area contributed by atoms with Gasteiger partial charge in [-0.05, 0) is 40.2 Å². The van der Waals surface area contributed by atoms with Gasteiger partial charge in [0.25, 0.3) is 0 Å². The fourth-order valence-corrected chi connectivity index (χ4v) is 3.19. The van der Waals surface area contributed by atoms with Gasteiger partial charge in [-0.2, -0.15) is 0 Å². The molecule has 20 heavy (non-hydrogen) atoms. The van der Waals surface area contributed by atoms with Crippen LogP contribution in [0.1, 0.15) is 40.2 Å². The molecule has 0 saturated carbocycles. The molecule has 1 aromatic rings. The van der Waals surface area contributed by atoms with Gasteiger partial charge in [0.1, 0.15) is 0 Å². The number of hydrogen-bond acceptors (Lipinski definition) is 3. The number of hydrogen-bond donors (Lipinski definition) is 1. The van der Waals surface area contributed by atoms with Gasteiger partial charge in [0.15, 0.2) is 0 Å². The van der Waals surface area contributed by atoms with Gasteiger partial charge in [0.05, 0.1) is 18.8 Å².